The van der Waals surface area contributed by atoms with Crippen LogP contribution in [0.25, 0.3) is 0 Å². The van der Waals surface area contributed by atoms with Crippen molar-refractivity contribution in [1.29, 1.82) is 5.26 Å². The first-order chi connectivity index (χ1) is 10.8. The summed E-state index contributed by atoms with van der Waals surface area (Å²) >= 11 is 0. The molecular weight excluding hydrogens is 274 g/mol. The Morgan fingerprint density at radius 3 is 3.00 bits per heavy atom. The maximum absolute atomic E-state index is 12.1. The van der Waals surface area contributed by atoms with E-state index in [1.165, 1.54) is 17.5 Å². The number of carbonyl (C=O) groups is 1. The summed E-state index contributed by atoms with van der Waals surface area (Å²) in [4.78, 5) is 14.9. The summed E-state index contributed by atoms with van der Waals surface area (Å²) in [6.07, 6.45) is 2.38. The molecule has 22 heavy (non-hydrogen) atoms. The fourth-order valence-electron chi connectivity index (χ4n) is 3.89. The molecule has 0 bridgehead atoms. The van der Waals surface area contributed by atoms with Gasteiger partial charge in [-0.3, -0.25) is 4.79 Å². The third-order valence-corrected chi connectivity index (χ3v) is 5.04. The number of nitrogens with one attached hydrogen (secondary N) is 2. The molecule has 1 amide bonds. The zero-order chi connectivity index (χ0) is 15.1. The number of carbonyl (C=O) groups excluding carboxylic acids is 1. The number of benzene rings is 1. The van der Waals surface area contributed by atoms with Gasteiger partial charge in [-0.25, -0.2) is 0 Å². The molecule has 2 aromatic rings. The Labute approximate surface area is 129 Å². The minimum absolute atomic E-state index is 0.126. The second-order valence-electron chi connectivity index (χ2n) is 6.20. The standard InChI is InChI=1S/C18H17N3O/c19-9-12-6-8-16(21-12)18(22)20-10-15-14-7-5-11-3-1-2-4-13(11)17(14)15/h1-4,6,8,14-15,17,21H,5,7,10H2,(H,20,22)/t14-,15-,17-/m1/s1. The van der Waals surface area contributed by atoms with Crippen molar-refractivity contribution in [3.63, 3.8) is 0 Å². The van der Waals surface area contributed by atoms with E-state index in [-0.39, 0.29) is 5.91 Å². The van der Waals surface area contributed by atoms with E-state index in [1.54, 1.807) is 12.1 Å². The first-order valence-electron chi connectivity index (χ1n) is 7.73. The van der Waals surface area contributed by atoms with Crippen molar-refractivity contribution >= 4 is 5.91 Å². The van der Waals surface area contributed by atoms with Crippen LogP contribution in [-0.4, -0.2) is 17.4 Å². The molecular formula is C18H17N3O. The number of hydrogen-bond donors (Lipinski definition) is 2. The van der Waals surface area contributed by atoms with Gasteiger partial charge in [-0.2, -0.15) is 5.26 Å². The van der Waals surface area contributed by atoms with E-state index in [0.29, 0.717) is 35.7 Å². The summed E-state index contributed by atoms with van der Waals surface area (Å²) < 4.78 is 0. The van der Waals surface area contributed by atoms with Gasteiger partial charge in [0.15, 0.2) is 0 Å². The number of aryl methyl sites for hydroxylation is 1. The second kappa shape index (κ2) is 5.03. The maximum Gasteiger partial charge on any atom is 0.267 e. The van der Waals surface area contributed by atoms with Crippen LogP contribution >= 0.6 is 0 Å². The van der Waals surface area contributed by atoms with E-state index in [4.69, 9.17) is 5.26 Å². The lowest BCUT2D eigenvalue weighted by atomic mass is 9.92. The van der Waals surface area contributed by atoms with Crippen LogP contribution in [0.2, 0.25) is 0 Å². The average molecular weight is 291 g/mol. The highest BCUT2D eigenvalue weighted by Crippen LogP contribution is 2.59. The Kier molecular flexibility index (Phi) is 3.00. The molecule has 4 heteroatoms. The molecule has 110 valence electrons. The van der Waals surface area contributed by atoms with Crippen LogP contribution in [0, 0.1) is 23.2 Å². The lowest BCUT2D eigenvalue weighted by Gasteiger charge is -2.13. The molecule has 0 saturated heterocycles. The molecule has 1 aromatic heterocycles. The molecule has 0 unspecified atom stereocenters. The predicted octanol–water partition coefficient (Wildman–Crippen LogP) is 2.59. The first-order valence-corrected chi connectivity index (χ1v) is 7.73. The van der Waals surface area contributed by atoms with E-state index in [0.717, 1.165) is 6.42 Å². The van der Waals surface area contributed by atoms with Crippen molar-refractivity contribution in [2.75, 3.05) is 6.54 Å². The van der Waals surface area contributed by atoms with Crippen LogP contribution in [-0.2, 0) is 6.42 Å². The topological polar surface area (TPSA) is 68.7 Å². The Bertz CT molecular complexity index is 771. The van der Waals surface area contributed by atoms with Crippen molar-refractivity contribution in [1.82, 2.24) is 10.3 Å². The number of H-pyrrole nitrogens is 1. The van der Waals surface area contributed by atoms with E-state index in [1.807, 2.05) is 6.07 Å². The summed E-state index contributed by atoms with van der Waals surface area (Å²) in [5.74, 6) is 1.76. The molecule has 1 fully saturated rings. The third kappa shape index (κ3) is 2.10. The highest BCUT2D eigenvalue weighted by Gasteiger charge is 2.52. The predicted molar refractivity (Wildman–Crippen MR) is 82.3 cm³/mol. The van der Waals surface area contributed by atoms with E-state index in [2.05, 4.69) is 34.6 Å². The molecule has 1 saturated carbocycles. The van der Waals surface area contributed by atoms with Crippen LogP contribution in [0.3, 0.4) is 0 Å². The maximum atomic E-state index is 12.1. The van der Waals surface area contributed by atoms with E-state index >= 15 is 0 Å². The van der Waals surface area contributed by atoms with Gasteiger partial charge in [-0.05, 0) is 53.9 Å². The van der Waals surface area contributed by atoms with Crippen LogP contribution in [0.5, 0.6) is 0 Å². The normalized spacial score (nSPS) is 24.8. The number of nitrogens with zero attached hydrogens (tertiary/aromatic N) is 1. The largest absolute Gasteiger partial charge is 0.350 e. The van der Waals surface area contributed by atoms with Crippen molar-refractivity contribution in [3.8, 4) is 6.07 Å². The number of aromatic nitrogens is 1. The average Bonchev–Trinajstić information content (AvgIpc) is 3.06. The molecule has 2 aliphatic rings. The quantitative estimate of drug-likeness (QED) is 0.912. The number of aromatic amines is 1. The monoisotopic (exact) mass is 291 g/mol. The molecule has 3 atom stereocenters. The summed E-state index contributed by atoms with van der Waals surface area (Å²) in [7, 11) is 0. The minimum atomic E-state index is -0.126. The highest BCUT2D eigenvalue weighted by molar-refractivity contribution is 5.92. The number of hydrogen-bond acceptors (Lipinski definition) is 2. The zero-order valence-electron chi connectivity index (χ0n) is 12.2. The fourth-order valence-corrected chi connectivity index (χ4v) is 3.89. The Morgan fingerprint density at radius 1 is 1.32 bits per heavy atom. The van der Waals surface area contributed by atoms with Crippen LogP contribution in [0.15, 0.2) is 36.4 Å². The van der Waals surface area contributed by atoms with Gasteiger partial charge in [0.25, 0.3) is 5.91 Å². The molecule has 1 aromatic carbocycles. The van der Waals surface area contributed by atoms with E-state index in [9.17, 15) is 4.79 Å². The Balaban J connectivity index is 1.40. The summed E-state index contributed by atoms with van der Waals surface area (Å²) in [5, 5.41) is 11.8. The van der Waals surface area contributed by atoms with E-state index < -0.39 is 0 Å². The van der Waals surface area contributed by atoms with Gasteiger partial charge < -0.3 is 10.3 Å². The summed E-state index contributed by atoms with van der Waals surface area (Å²) in [6, 6.07) is 14.0. The van der Waals surface area contributed by atoms with Crippen LogP contribution in [0.1, 0.15) is 39.6 Å². The molecule has 2 aliphatic carbocycles. The molecule has 2 N–H and O–H groups in total. The fraction of sp³-hybridized carbons (Fsp3) is 0.333. The van der Waals surface area contributed by atoms with Gasteiger partial charge >= 0.3 is 0 Å². The lowest BCUT2D eigenvalue weighted by Crippen LogP contribution is -2.26. The Hall–Kier alpha value is -2.54. The zero-order valence-corrected chi connectivity index (χ0v) is 12.2. The van der Waals surface area contributed by atoms with Gasteiger partial charge in [0.2, 0.25) is 0 Å². The number of amides is 1. The van der Waals surface area contributed by atoms with Gasteiger partial charge in [-0.15, -0.1) is 0 Å². The highest BCUT2D eigenvalue weighted by atomic mass is 16.1. The molecule has 0 aliphatic heterocycles. The number of fused-ring (bicyclic) bond motifs is 3. The SMILES string of the molecule is N#Cc1ccc(C(=O)NC[C@@H]2[C@H]3CCc4ccccc4[C@H]32)[nH]1. The lowest BCUT2D eigenvalue weighted by molar-refractivity contribution is 0.0946. The molecule has 0 radical (unpaired) electrons. The van der Waals surface area contributed by atoms with Crippen molar-refractivity contribution in [2.24, 2.45) is 11.8 Å². The molecule has 1 heterocycles. The van der Waals surface area contributed by atoms with Crippen molar-refractivity contribution < 1.29 is 4.79 Å². The Morgan fingerprint density at radius 2 is 2.18 bits per heavy atom. The van der Waals surface area contributed by atoms with Crippen LogP contribution in [0.4, 0.5) is 0 Å². The van der Waals surface area contributed by atoms with Crippen molar-refractivity contribution in [2.45, 2.75) is 18.8 Å². The van der Waals surface area contributed by atoms with Gasteiger partial charge in [0.05, 0.1) is 0 Å². The molecule has 4 rings (SSSR count). The summed E-state index contributed by atoms with van der Waals surface area (Å²) in [5.41, 5.74) is 3.82. The third-order valence-electron chi connectivity index (χ3n) is 5.04. The smallest absolute Gasteiger partial charge is 0.267 e. The van der Waals surface area contributed by atoms with Crippen molar-refractivity contribution in [3.05, 3.63) is 58.9 Å². The molecule has 4 nitrogen and oxygen atoms in total. The van der Waals surface area contributed by atoms with Crippen LogP contribution < -0.4 is 5.32 Å². The number of nitriles is 1. The summed E-state index contributed by atoms with van der Waals surface area (Å²) in [6.45, 7) is 0.712. The minimum Gasteiger partial charge on any atom is -0.350 e. The van der Waals surface area contributed by atoms with Gasteiger partial charge in [0.1, 0.15) is 17.5 Å². The molecule has 0 spiro atoms. The van der Waals surface area contributed by atoms with Gasteiger partial charge in [-0.1, -0.05) is 24.3 Å². The second-order valence-corrected chi connectivity index (χ2v) is 6.20. The first kappa shape index (κ1) is 13.1. The van der Waals surface area contributed by atoms with Gasteiger partial charge in [0, 0.05) is 6.54 Å². The number of rotatable bonds is 3.